The van der Waals surface area contributed by atoms with E-state index in [1.807, 2.05) is 0 Å². The molecular weight excluding hydrogens is 805 g/mol. The van der Waals surface area contributed by atoms with Gasteiger partial charge in [-0.05, 0) is 115 Å². The van der Waals surface area contributed by atoms with Gasteiger partial charge in [-0.3, -0.25) is 0 Å². The van der Waals surface area contributed by atoms with Gasteiger partial charge in [0.2, 0.25) is 0 Å². The van der Waals surface area contributed by atoms with Crippen molar-refractivity contribution < 1.29 is 0 Å². The van der Waals surface area contributed by atoms with Gasteiger partial charge in [-0.25, -0.2) is 0 Å². The maximum atomic E-state index is 2.55. The Hall–Kier alpha value is -8.71. The first-order chi connectivity index (χ1) is 33.2. The first kappa shape index (κ1) is 36.6. The molecule has 0 saturated heterocycles. The van der Waals surface area contributed by atoms with Crippen LogP contribution in [-0.2, 0) is 0 Å². The summed E-state index contributed by atoms with van der Waals surface area (Å²) in [5.41, 5.74) is 15.2. The normalized spacial score (nSPS) is 12.7. The highest BCUT2D eigenvalue weighted by Crippen LogP contribution is 2.54. The molecular formula is C67H39-. The van der Waals surface area contributed by atoms with E-state index in [-0.39, 0.29) is 0 Å². The van der Waals surface area contributed by atoms with Crippen molar-refractivity contribution in [1.29, 1.82) is 0 Å². The van der Waals surface area contributed by atoms with E-state index in [2.05, 4.69) is 237 Å². The van der Waals surface area contributed by atoms with E-state index in [0.29, 0.717) is 0 Å². The van der Waals surface area contributed by atoms with Gasteiger partial charge in [0, 0.05) is 0 Å². The fourth-order valence-electron chi connectivity index (χ4n) is 12.1. The van der Waals surface area contributed by atoms with Crippen molar-refractivity contribution in [3.63, 3.8) is 0 Å². The second-order valence-electron chi connectivity index (χ2n) is 18.4. The van der Waals surface area contributed by atoms with Crippen LogP contribution < -0.4 is 0 Å². The highest BCUT2D eigenvalue weighted by atomic mass is 14.3. The van der Waals surface area contributed by atoms with Crippen molar-refractivity contribution >= 4 is 103 Å². The second kappa shape index (κ2) is 13.9. The fourth-order valence-corrected chi connectivity index (χ4v) is 12.1. The smallest absolute Gasteiger partial charge is 0.00201 e. The summed E-state index contributed by atoms with van der Waals surface area (Å²) in [4.78, 5) is 0. The molecule has 13 aromatic rings. The summed E-state index contributed by atoms with van der Waals surface area (Å²) in [6, 6.07) is 81.5. The summed E-state index contributed by atoms with van der Waals surface area (Å²) in [6.07, 6.45) is 7.64. The predicted octanol–water partition coefficient (Wildman–Crippen LogP) is 18.2. The largest absolute Gasteiger partial charge is 0.104 e. The van der Waals surface area contributed by atoms with Gasteiger partial charge in [0.1, 0.15) is 0 Å². The van der Waals surface area contributed by atoms with Crippen LogP contribution in [0.1, 0.15) is 27.8 Å². The van der Waals surface area contributed by atoms with E-state index in [0.717, 1.165) is 5.57 Å². The molecule has 0 N–H and O–H groups in total. The summed E-state index contributed by atoms with van der Waals surface area (Å²) in [7, 11) is 0. The quantitative estimate of drug-likeness (QED) is 0.155. The second-order valence-corrected chi connectivity index (χ2v) is 18.4. The minimum atomic E-state index is 1.15. The number of benzene rings is 12. The van der Waals surface area contributed by atoms with Gasteiger partial charge in [0.15, 0.2) is 0 Å². The van der Waals surface area contributed by atoms with Crippen molar-refractivity contribution in [1.82, 2.24) is 0 Å². The summed E-state index contributed by atoms with van der Waals surface area (Å²) in [5, 5.41) is 20.3. The highest BCUT2D eigenvalue weighted by Gasteiger charge is 2.30. The molecule has 0 bridgehead atoms. The van der Waals surface area contributed by atoms with E-state index in [9.17, 15) is 0 Å². The van der Waals surface area contributed by atoms with Gasteiger partial charge in [-0.15, -0.1) is 12.1 Å². The summed E-state index contributed by atoms with van der Waals surface area (Å²) >= 11 is 0. The molecule has 0 radical (unpaired) electrons. The van der Waals surface area contributed by atoms with E-state index in [1.54, 1.807) is 0 Å². The minimum absolute atomic E-state index is 1.15. The third-order valence-electron chi connectivity index (χ3n) is 15.0. The molecule has 0 heteroatoms. The Bertz CT molecular complexity index is 3970. The zero-order valence-electron chi connectivity index (χ0n) is 36.5. The van der Waals surface area contributed by atoms with Crippen LogP contribution in [0.2, 0.25) is 0 Å². The van der Waals surface area contributed by atoms with Crippen LogP contribution in [0.5, 0.6) is 0 Å². The van der Waals surface area contributed by atoms with Gasteiger partial charge in [-0.1, -0.05) is 262 Å². The molecule has 0 saturated carbocycles. The number of rotatable bonds is 3. The average molecular weight is 844 g/mol. The van der Waals surface area contributed by atoms with Crippen LogP contribution in [0, 0.1) is 0 Å². The molecule has 0 spiro atoms. The maximum Gasteiger partial charge on any atom is -0.00201 e. The van der Waals surface area contributed by atoms with Gasteiger partial charge >= 0.3 is 0 Å². The van der Waals surface area contributed by atoms with Crippen LogP contribution in [-0.4, -0.2) is 0 Å². The Kier molecular flexibility index (Phi) is 7.59. The van der Waals surface area contributed by atoms with E-state index < -0.39 is 0 Å². The van der Waals surface area contributed by atoms with Crippen molar-refractivity contribution in [2.45, 2.75) is 0 Å². The molecule has 0 nitrogen and oxygen atoms in total. The molecule has 15 rings (SSSR count). The summed E-state index contributed by atoms with van der Waals surface area (Å²) < 4.78 is 0. The zero-order chi connectivity index (χ0) is 43.7. The van der Waals surface area contributed by atoms with Crippen molar-refractivity contribution in [2.24, 2.45) is 0 Å². The predicted molar refractivity (Wildman–Crippen MR) is 288 cm³/mol. The lowest BCUT2D eigenvalue weighted by Gasteiger charge is -2.14. The Balaban J connectivity index is 1.15. The number of allylic oxidation sites excluding steroid dienone is 3. The van der Waals surface area contributed by atoms with Gasteiger partial charge in [0.25, 0.3) is 0 Å². The van der Waals surface area contributed by atoms with Crippen LogP contribution in [0.3, 0.4) is 0 Å². The number of hydrogen-bond donors (Lipinski definition) is 0. The monoisotopic (exact) mass is 843 g/mol. The van der Waals surface area contributed by atoms with Crippen LogP contribution in [0.15, 0.2) is 236 Å². The molecule has 0 atom stereocenters. The Morgan fingerprint density at radius 1 is 0.284 bits per heavy atom. The minimum Gasteiger partial charge on any atom is -0.104 e. The van der Waals surface area contributed by atoms with E-state index >= 15 is 0 Å². The van der Waals surface area contributed by atoms with Crippen LogP contribution in [0.25, 0.3) is 126 Å². The van der Waals surface area contributed by atoms with Gasteiger partial charge in [-0.2, -0.15) is 0 Å². The molecule has 0 unspecified atom stereocenters. The van der Waals surface area contributed by atoms with Crippen molar-refractivity contribution in [3.8, 4) is 22.3 Å². The topological polar surface area (TPSA) is 0 Å². The highest BCUT2D eigenvalue weighted by molar-refractivity contribution is 6.31. The lowest BCUT2D eigenvalue weighted by molar-refractivity contribution is 1.66. The Labute approximate surface area is 387 Å². The molecule has 0 amide bonds. The molecule has 2 aliphatic rings. The van der Waals surface area contributed by atoms with Gasteiger partial charge in [0.05, 0.1) is 0 Å². The van der Waals surface area contributed by atoms with E-state index in [4.69, 9.17) is 0 Å². The Morgan fingerprint density at radius 2 is 0.642 bits per heavy atom. The van der Waals surface area contributed by atoms with Crippen LogP contribution >= 0.6 is 0 Å². The lowest BCUT2D eigenvalue weighted by Crippen LogP contribution is -1.91. The molecule has 0 heterocycles. The SMILES string of the molecule is C(=C(C=C1c2c(ccc3ccccc23)-c2ccc3ccccc3c21)C=C1c2c(ccc3ccccc23)-c2ccc3ccccc3c21)c1c2c3ccccc3ccc2c2ccc3ccccc3[c-]12. The van der Waals surface area contributed by atoms with Crippen molar-refractivity contribution in [3.05, 3.63) is 264 Å². The molecule has 308 valence electrons. The first-order valence-electron chi connectivity index (χ1n) is 23.4. The molecule has 0 aromatic heterocycles. The number of fused-ring (bicyclic) bond motifs is 21. The molecule has 0 fully saturated rings. The van der Waals surface area contributed by atoms with Crippen molar-refractivity contribution in [2.75, 3.05) is 0 Å². The maximum absolute atomic E-state index is 2.55. The Morgan fingerprint density at radius 3 is 1.10 bits per heavy atom. The molecule has 0 aliphatic heterocycles. The summed E-state index contributed by atoms with van der Waals surface area (Å²) in [6.45, 7) is 0. The molecule has 13 aromatic carbocycles. The first-order valence-corrected chi connectivity index (χ1v) is 23.4. The standard InChI is InChI=1S/C67H39/c1-7-19-47-41(13-1)25-31-53-54-32-26-42-14-2-8-20-48(42)63(54)59(62(47)53)37-40(38-60-64-49-21-9-3-15-43(49)27-33-55(64)56-34-28-44-16-4-10-22-50(44)65(56)60)39-61-66-51-23-11-5-17-45(51)29-35-57(66)58-36-30-46-18-6-12-24-52(46)67(58)61/h1-39H/q-1. The average Bonchev–Trinajstić information content (AvgIpc) is 4.02. The number of hydrogen-bond acceptors (Lipinski definition) is 0. The fraction of sp³-hybridized carbons (Fsp3) is 0. The third kappa shape index (κ3) is 5.21. The zero-order valence-corrected chi connectivity index (χ0v) is 36.5. The molecule has 2 aliphatic carbocycles. The van der Waals surface area contributed by atoms with Crippen LogP contribution in [0.4, 0.5) is 0 Å². The van der Waals surface area contributed by atoms with E-state index in [1.165, 1.54) is 147 Å². The third-order valence-corrected chi connectivity index (χ3v) is 15.0. The summed E-state index contributed by atoms with van der Waals surface area (Å²) in [5.74, 6) is 0. The molecule has 67 heavy (non-hydrogen) atoms. The lowest BCUT2D eigenvalue weighted by atomic mass is 9.90. The van der Waals surface area contributed by atoms with Gasteiger partial charge < -0.3 is 0 Å².